The molecule has 3 nitrogen and oxygen atoms in total. The molecule has 0 N–H and O–H groups in total. The van der Waals surface area contributed by atoms with E-state index in [1.54, 1.807) is 0 Å². The lowest BCUT2D eigenvalue weighted by Crippen LogP contribution is -2.04. The van der Waals surface area contributed by atoms with E-state index in [9.17, 15) is 0 Å². The minimum absolute atomic E-state index is 0.143. The van der Waals surface area contributed by atoms with E-state index >= 15 is 0 Å². The van der Waals surface area contributed by atoms with E-state index in [-0.39, 0.29) is 11.8 Å². The number of nitrogens with zero attached hydrogens (tertiary/aromatic N) is 2. The second-order valence-electron chi connectivity index (χ2n) is 4.34. The van der Waals surface area contributed by atoms with Crippen LogP contribution in [-0.4, -0.2) is 4.98 Å². The highest BCUT2D eigenvalue weighted by molar-refractivity contribution is 7.13. The molecule has 2 rings (SSSR count). The Bertz CT molecular complexity index is 548. The molecular formula is C13H14N2OS. The first kappa shape index (κ1) is 11.9. The van der Waals surface area contributed by atoms with Gasteiger partial charge in [-0.1, -0.05) is 13.8 Å². The van der Waals surface area contributed by atoms with Crippen LogP contribution in [0.1, 0.15) is 31.2 Å². The van der Waals surface area contributed by atoms with Gasteiger partial charge in [0, 0.05) is 5.38 Å². The molecule has 0 bridgehead atoms. The van der Waals surface area contributed by atoms with E-state index in [2.05, 4.69) is 11.1 Å². The molecule has 2 heterocycles. The lowest BCUT2D eigenvalue weighted by molar-refractivity contribution is 0.546. The van der Waals surface area contributed by atoms with Gasteiger partial charge in [-0.3, -0.25) is 0 Å². The van der Waals surface area contributed by atoms with Crippen molar-refractivity contribution in [1.82, 2.24) is 4.98 Å². The zero-order valence-electron chi connectivity index (χ0n) is 10.1. The van der Waals surface area contributed by atoms with Gasteiger partial charge in [0.25, 0.3) is 0 Å². The molecule has 4 heteroatoms. The van der Waals surface area contributed by atoms with Crippen LogP contribution in [0.15, 0.2) is 21.9 Å². The first-order chi connectivity index (χ1) is 8.11. The highest BCUT2D eigenvalue weighted by Gasteiger charge is 2.19. The molecule has 0 saturated carbocycles. The van der Waals surface area contributed by atoms with Gasteiger partial charge in [-0.05, 0) is 25.0 Å². The minimum Gasteiger partial charge on any atom is -0.459 e. The maximum atomic E-state index is 9.13. The van der Waals surface area contributed by atoms with Crippen molar-refractivity contribution in [3.63, 3.8) is 0 Å². The van der Waals surface area contributed by atoms with Gasteiger partial charge in [0.05, 0.1) is 17.7 Å². The van der Waals surface area contributed by atoms with Crippen molar-refractivity contribution in [3.05, 3.63) is 29.0 Å². The van der Waals surface area contributed by atoms with Crippen LogP contribution in [0.3, 0.4) is 0 Å². The maximum absolute atomic E-state index is 9.13. The van der Waals surface area contributed by atoms with Crippen molar-refractivity contribution < 1.29 is 4.42 Å². The average molecular weight is 246 g/mol. The highest BCUT2D eigenvalue weighted by Crippen LogP contribution is 2.30. The summed E-state index contributed by atoms with van der Waals surface area (Å²) >= 11 is 1.52. The molecule has 0 aromatic carbocycles. The topological polar surface area (TPSA) is 49.8 Å². The van der Waals surface area contributed by atoms with Crippen LogP contribution in [0.2, 0.25) is 0 Å². The second kappa shape index (κ2) is 4.72. The van der Waals surface area contributed by atoms with E-state index in [0.29, 0.717) is 0 Å². The molecule has 0 aliphatic rings. The summed E-state index contributed by atoms with van der Waals surface area (Å²) in [5.41, 5.74) is 0.844. The normalized spacial score (nSPS) is 12.6. The molecule has 0 radical (unpaired) electrons. The van der Waals surface area contributed by atoms with E-state index in [0.717, 1.165) is 22.2 Å². The van der Waals surface area contributed by atoms with Crippen molar-refractivity contribution in [3.8, 4) is 16.8 Å². The number of thiazole rings is 1. The van der Waals surface area contributed by atoms with E-state index in [4.69, 9.17) is 9.68 Å². The summed E-state index contributed by atoms with van der Waals surface area (Å²) in [6, 6.07) is 6.13. The van der Waals surface area contributed by atoms with Crippen molar-refractivity contribution in [2.24, 2.45) is 5.92 Å². The van der Waals surface area contributed by atoms with E-state index in [1.165, 1.54) is 11.3 Å². The standard InChI is InChI=1S/C13H14N2OS/c1-8(2)10(6-14)11-7-17-13(15-11)12-5-4-9(3)16-12/h4-5,7-8,10H,1-3H3. The highest BCUT2D eigenvalue weighted by atomic mass is 32.1. The lowest BCUT2D eigenvalue weighted by atomic mass is 9.95. The summed E-state index contributed by atoms with van der Waals surface area (Å²) in [7, 11) is 0. The van der Waals surface area contributed by atoms with Gasteiger partial charge in [-0.15, -0.1) is 11.3 Å². The van der Waals surface area contributed by atoms with Gasteiger partial charge in [-0.2, -0.15) is 5.26 Å². The monoisotopic (exact) mass is 246 g/mol. The predicted octanol–water partition coefficient (Wildman–Crippen LogP) is 3.97. The number of rotatable bonds is 3. The fourth-order valence-electron chi connectivity index (χ4n) is 1.65. The first-order valence-electron chi connectivity index (χ1n) is 5.53. The fraction of sp³-hybridized carbons (Fsp3) is 0.385. The molecule has 1 unspecified atom stereocenters. The SMILES string of the molecule is Cc1ccc(-c2nc(C(C#N)C(C)C)cs2)o1. The zero-order valence-corrected chi connectivity index (χ0v) is 10.9. The Morgan fingerprint density at radius 1 is 1.41 bits per heavy atom. The first-order valence-corrected chi connectivity index (χ1v) is 6.41. The van der Waals surface area contributed by atoms with E-state index < -0.39 is 0 Å². The largest absolute Gasteiger partial charge is 0.459 e. The molecule has 1 atom stereocenters. The van der Waals surface area contributed by atoms with Crippen LogP contribution in [-0.2, 0) is 0 Å². The third-order valence-electron chi connectivity index (χ3n) is 2.60. The Labute approximate surface area is 105 Å². The van der Waals surface area contributed by atoms with Crippen LogP contribution in [0.25, 0.3) is 10.8 Å². The van der Waals surface area contributed by atoms with Crippen LogP contribution in [0, 0.1) is 24.2 Å². The molecule has 0 aliphatic carbocycles. The summed E-state index contributed by atoms with van der Waals surface area (Å²) in [6.07, 6.45) is 0. The molecule has 0 aliphatic heterocycles. The molecule has 88 valence electrons. The Hall–Kier alpha value is -1.60. The third-order valence-corrected chi connectivity index (χ3v) is 3.47. The van der Waals surface area contributed by atoms with Crippen LogP contribution in [0.5, 0.6) is 0 Å². The molecule has 0 spiro atoms. The molecule has 2 aromatic rings. The average Bonchev–Trinajstić information content (AvgIpc) is 2.87. The molecule has 0 fully saturated rings. The van der Waals surface area contributed by atoms with E-state index in [1.807, 2.05) is 38.3 Å². The number of aromatic nitrogens is 1. The number of hydrogen-bond donors (Lipinski definition) is 0. The zero-order chi connectivity index (χ0) is 12.4. The number of hydrogen-bond acceptors (Lipinski definition) is 4. The summed E-state index contributed by atoms with van der Waals surface area (Å²) in [5, 5.41) is 11.9. The predicted molar refractivity (Wildman–Crippen MR) is 67.7 cm³/mol. The van der Waals surface area contributed by atoms with Gasteiger partial charge in [0.2, 0.25) is 0 Å². The number of aryl methyl sites for hydroxylation is 1. The Morgan fingerprint density at radius 2 is 2.18 bits per heavy atom. The van der Waals surface area contributed by atoms with Crippen LogP contribution < -0.4 is 0 Å². The van der Waals surface area contributed by atoms with Crippen molar-refractivity contribution in [1.29, 1.82) is 5.26 Å². The number of nitriles is 1. The Kier molecular flexibility index (Phi) is 3.30. The minimum atomic E-state index is -0.143. The smallest absolute Gasteiger partial charge is 0.162 e. The molecule has 0 saturated heterocycles. The maximum Gasteiger partial charge on any atom is 0.162 e. The Balaban J connectivity index is 2.30. The second-order valence-corrected chi connectivity index (χ2v) is 5.20. The van der Waals surface area contributed by atoms with Crippen molar-refractivity contribution >= 4 is 11.3 Å². The Morgan fingerprint density at radius 3 is 2.71 bits per heavy atom. The van der Waals surface area contributed by atoms with Gasteiger partial charge >= 0.3 is 0 Å². The van der Waals surface area contributed by atoms with Crippen molar-refractivity contribution in [2.45, 2.75) is 26.7 Å². The van der Waals surface area contributed by atoms with Crippen LogP contribution >= 0.6 is 11.3 Å². The molecule has 2 aromatic heterocycles. The summed E-state index contributed by atoms with van der Waals surface area (Å²) in [5.74, 6) is 1.78. The molecule has 17 heavy (non-hydrogen) atoms. The fourth-order valence-corrected chi connectivity index (χ4v) is 2.46. The van der Waals surface area contributed by atoms with Gasteiger partial charge in [0.1, 0.15) is 5.76 Å². The van der Waals surface area contributed by atoms with Gasteiger partial charge < -0.3 is 4.42 Å². The lowest BCUT2D eigenvalue weighted by Gasteiger charge is -2.08. The quantitative estimate of drug-likeness (QED) is 0.823. The third kappa shape index (κ3) is 2.40. The molecule has 0 amide bonds. The summed E-state index contributed by atoms with van der Waals surface area (Å²) in [6.45, 7) is 5.97. The van der Waals surface area contributed by atoms with Gasteiger partial charge in [0.15, 0.2) is 10.8 Å². The van der Waals surface area contributed by atoms with Gasteiger partial charge in [-0.25, -0.2) is 4.98 Å². The molecular weight excluding hydrogens is 232 g/mol. The van der Waals surface area contributed by atoms with Crippen molar-refractivity contribution in [2.75, 3.05) is 0 Å². The number of furan rings is 1. The van der Waals surface area contributed by atoms with Crippen LogP contribution in [0.4, 0.5) is 0 Å². The summed E-state index contributed by atoms with van der Waals surface area (Å²) in [4.78, 5) is 4.49. The summed E-state index contributed by atoms with van der Waals surface area (Å²) < 4.78 is 5.52.